The molecule has 1 amide bonds. The standard InChI is InChI=1S/C24H25N3O4S/c1-16-12-14-19(15-13-16)32(29,30)26-25-20-10-7-11-21-22(20)17(2)23(31-21)24(28)27(3)18-8-5-4-6-9-18/h4-6,8-9,12-15,26H,7,10-11H2,1-3H3/b25-20+. The van der Waals surface area contributed by atoms with E-state index in [4.69, 9.17) is 4.42 Å². The van der Waals surface area contributed by atoms with E-state index in [0.717, 1.165) is 17.7 Å². The van der Waals surface area contributed by atoms with E-state index in [0.29, 0.717) is 35.4 Å². The summed E-state index contributed by atoms with van der Waals surface area (Å²) in [7, 11) is -2.10. The molecule has 0 aliphatic heterocycles. The fourth-order valence-electron chi connectivity index (χ4n) is 3.79. The predicted molar refractivity (Wildman–Crippen MR) is 124 cm³/mol. The first-order valence-electron chi connectivity index (χ1n) is 10.4. The number of anilines is 1. The maximum atomic E-state index is 13.1. The Kier molecular flexibility index (Phi) is 5.88. The number of fused-ring (bicyclic) bond motifs is 1. The van der Waals surface area contributed by atoms with Crippen LogP contribution in [0.3, 0.4) is 0 Å². The Morgan fingerprint density at radius 1 is 1.03 bits per heavy atom. The smallest absolute Gasteiger partial charge is 0.294 e. The second kappa shape index (κ2) is 8.63. The van der Waals surface area contributed by atoms with Gasteiger partial charge in [-0.15, -0.1) is 0 Å². The molecule has 2 aromatic carbocycles. The van der Waals surface area contributed by atoms with Crippen molar-refractivity contribution >= 4 is 27.3 Å². The lowest BCUT2D eigenvalue weighted by molar-refractivity contribution is 0.0964. The molecule has 0 bridgehead atoms. The van der Waals surface area contributed by atoms with Crippen LogP contribution in [0.5, 0.6) is 0 Å². The topological polar surface area (TPSA) is 92.0 Å². The number of benzene rings is 2. The highest BCUT2D eigenvalue weighted by atomic mass is 32.2. The molecule has 0 saturated carbocycles. The molecule has 1 N–H and O–H groups in total. The molecule has 7 nitrogen and oxygen atoms in total. The molecule has 0 atom stereocenters. The van der Waals surface area contributed by atoms with Crippen LogP contribution in [0.25, 0.3) is 0 Å². The molecule has 1 aliphatic carbocycles. The third-order valence-corrected chi connectivity index (χ3v) is 6.82. The average Bonchev–Trinajstić information content (AvgIpc) is 3.14. The summed E-state index contributed by atoms with van der Waals surface area (Å²) in [6.45, 7) is 3.70. The monoisotopic (exact) mass is 451 g/mol. The van der Waals surface area contributed by atoms with Crippen molar-refractivity contribution in [2.45, 2.75) is 38.0 Å². The summed E-state index contributed by atoms with van der Waals surface area (Å²) in [6, 6.07) is 15.9. The third kappa shape index (κ3) is 4.18. The lowest BCUT2D eigenvalue weighted by Crippen LogP contribution is -2.26. The minimum Gasteiger partial charge on any atom is -0.455 e. The second-order valence-electron chi connectivity index (χ2n) is 7.87. The quantitative estimate of drug-likeness (QED) is 0.589. The molecule has 4 rings (SSSR count). The van der Waals surface area contributed by atoms with Gasteiger partial charge in [0.2, 0.25) is 0 Å². The lowest BCUT2D eigenvalue weighted by Gasteiger charge is -2.16. The number of hydrazone groups is 1. The molecule has 1 aliphatic rings. The summed E-state index contributed by atoms with van der Waals surface area (Å²) in [5.74, 6) is 0.645. The van der Waals surface area contributed by atoms with Crippen LogP contribution in [-0.4, -0.2) is 27.1 Å². The van der Waals surface area contributed by atoms with Gasteiger partial charge in [0.05, 0.1) is 10.6 Å². The van der Waals surface area contributed by atoms with Gasteiger partial charge in [-0.25, -0.2) is 0 Å². The zero-order valence-corrected chi connectivity index (χ0v) is 19.1. The molecule has 0 saturated heterocycles. The first-order chi connectivity index (χ1) is 15.3. The first kappa shape index (κ1) is 21.8. The van der Waals surface area contributed by atoms with Gasteiger partial charge in [-0.3, -0.25) is 4.79 Å². The zero-order valence-electron chi connectivity index (χ0n) is 18.3. The number of furan rings is 1. The predicted octanol–water partition coefficient (Wildman–Crippen LogP) is 4.19. The first-order valence-corrected chi connectivity index (χ1v) is 11.9. The molecule has 32 heavy (non-hydrogen) atoms. The largest absolute Gasteiger partial charge is 0.455 e. The van der Waals surface area contributed by atoms with E-state index in [1.54, 1.807) is 31.3 Å². The number of carbonyl (C=O) groups excluding carboxylic acids is 1. The van der Waals surface area contributed by atoms with Crippen molar-refractivity contribution in [3.8, 4) is 0 Å². The van der Waals surface area contributed by atoms with E-state index < -0.39 is 10.0 Å². The number of nitrogens with zero attached hydrogens (tertiary/aromatic N) is 2. The lowest BCUT2D eigenvalue weighted by atomic mass is 9.93. The molecule has 1 heterocycles. The Morgan fingerprint density at radius 2 is 1.72 bits per heavy atom. The molecule has 8 heteroatoms. The van der Waals surface area contributed by atoms with Crippen LogP contribution in [-0.2, 0) is 16.4 Å². The van der Waals surface area contributed by atoms with E-state index in [1.807, 2.05) is 44.2 Å². The van der Waals surface area contributed by atoms with E-state index >= 15 is 0 Å². The van der Waals surface area contributed by atoms with Gasteiger partial charge in [-0.2, -0.15) is 18.4 Å². The van der Waals surface area contributed by atoms with Crippen LogP contribution in [0.15, 0.2) is 69.0 Å². The highest BCUT2D eigenvalue weighted by molar-refractivity contribution is 7.89. The highest BCUT2D eigenvalue weighted by Gasteiger charge is 2.30. The van der Waals surface area contributed by atoms with Gasteiger partial charge in [0.25, 0.3) is 15.9 Å². The van der Waals surface area contributed by atoms with E-state index in [-0.39, 0.29) is 16.6 Å². The molecule has 0 unspecified atom stereocenters. The van der Waals surface area contributed by atoms with E-state index in [9.17, 15) is 13.2 Å². The molecule has 1 aromatic heterocycles. The Hall–Kier alpha value is -3.39. The molecule has 166 valence electrons. The van der Waals surface area contributed by atoms with Crippen molar-refractivity contribution in [3.63, 3.8) is 0 Å². The van der Waals surface area contributed by atoms with Crippen LogP contribution in [0, 0.1) is 13.8 Å². The van der Waals surface area contributed by atoms with Crippen molar-refractivity contribution in [1.82, 2.24) is 4.83 Å². The van der Waals surface area contributed by atoms with Crippen LogP contribution >= 0.6 is 0 Å². The van der Waals surface area contributed by atoms with Gasteiger partial charge in [0.1, 0.15) is 5.76 Å². The van der Waals surface area contributed by atoms with Crippen molar-refractivity contribution in [2.24, 2.45) is 5.10 Å². The number of rotatable bonds is 5. The minimum absolute atomic E-state index is 0.146. The fraction of sp³-hybridized carbons (Fsp3) is 0.250. The Morgan fingerprint density at radius 3 is 2.41 bits per heavy atom. The van der Waals surface area contributed by atoms with E-state index in [2.05, 4.69) is 9.93 Å². The summed E-state index contributed by atoms with van der Waals surface area (Å²) in [6.07, 6.45) is 2.02. The fourth-order valence-corrected chi connectivity index (χ4v) is 4.62. The molecule has 3 aromatic rings. The Labute approximate surface area is 187 Å². The summed E-state index contributed by atoms with van der Waals surface area (Å²) in [5, 5.41) is 4.23. The van der Waals surface area contributed by atoms with Crippen molar-refractivity contribution in [1.29, 1.82) is 0 Å². The number of carbonyl (C=O) groups is 1. The van der Waals surface area contributed by atoms with Gasteiger partial charge in [0, 0.05) is 30.3 Å². The molecular weight excluding hydrogens is 426 g/mol. The normalized spacial score (nSPS) is 14.8. The summed E-state index contributed by atoms with van der Waals surface area (Å²) >= 11 is 0. The number of hydrogen-bond acceptors (Lipinski definition) is 5. The Balaban J connectivity index is 1.63. The van der Waals surface area contributed by atoms with Crippen molar-refractivity contribution in [3.05, 3.63) is 82.8 Å². The van der Waals surface area contributed by atoms with Crippen LogP contribution in [0.2, 0.25) is 0 Å². The zero-order chi connectivity index (χ0) is 22.9. The van der Waals surface area contributed by atoms with Gasteiger partial charge in [-0.05, 0) is 51.0 Å². The summed E-state index contributed by atoms with van der Waals surface area (Å²) in [5.41, 5.74) is 3.68. The van der Waals surface area contributed by atoms with Gasteiger partial charge < -0.3 is 9.32 Å². The average molecular weight is 452 g/mol. The minimum atomic E-state index is -3.79. The number of sulfonamides is 1. The highest BCUT2D eigenvalue weighted by Crippen LogP contribution is 2.31. The molecule has 0 spiro atoms. The summed E-state index contributed by atoms with van der Waals surface area (Å²) in [4.78, 5) is 17.1. The number of aryl methyl sites for hydroxylation is 2. The number of amides is 1. The molecular formula is C24H25N3O4S. The second-order valence-corrected chi connectivity index (χ2v) is 9.53. The number of hydrogen-bond donors (Lipinski definition) is 1. The molecule has 0 fully saturated rings. The Bertz CT molecular complexity index is 1280. The van der Waals surface area contributed by atoms with E-state index in [1.165, 1.54) is 4.90 Å². The van der Waals surface area contributed by atoms with Gasteiger partial charge in [-0.1, -0.05) is 35.9 Å². The van der Waals surface area contributed by atoms with Crippen LogP contribution in [0.1, 0.15) is 45.8 Å². The van der Waals surface area contributed by atoms with Gasteiger partial charge >= 0.3 is 0 Å². The van der Waals surface area contributed by atoms with Crippen LogP contribution < -0.4 is 9.73 Å². The maximum Gasteiger partial charge on any atom is 0.294 e. The summed E-state index contributed by atoms with van der Waals surface area (Å²) < 4.78 is 31.2. The van der Waals surface area contributed by atoms with Crippen LogP contribution in [0.4, 0.5) is 5.69 Å². The van der Waals surface area contributed by atoms with Crippen molar-refractivity contribution < 1.29 is 17.6 Å². The number of nitrogens with one attached hydrogen (secondary N) is 1. The molecule has 0 radical (unpaired) electrons. The maximum absolute atomic E-state index is 13.1. The van der Waals surface area contributed by atoms with Crippen molar-refractivity contribution in [2.75, 3.05) is 11.9 Å². The van der Waals surface area contributed by atoms with Gasteiger partial charge in [0.15, 0.2) is 5.76 Å². The SMILES string of the molecule is Cc1ccc(S(=O)(=O)N/N=C2\CCCc3oc(C(=O)N(C)c4ccccc4)c(C)c32)cc1. The third-order valence-electron chi connectivity index (χ3n) is 5.60. The number of para-hydroxylation sites is 1.